The van der Waals surface area contributed by atoms with Gasteiger partial charge < -0.3 is 14.8 Å². The van der Waals surface area contributed by atoms with E-state index in [1.165, 1.54) is 0 Å². The molecule has 2 rings (SSSR count). The second kappa shape index (κ2) is 8.75. The van der Waals surface area contributed by atoms with Crippen molar-refractivity contribution in [2.24, 2.45) is 0 Å². The molecular formula is C22H29NO3. The fourth-order valence-electron chi connectivity index (χ4n) is 2.77. The zero-order valence-corrected chi connectivity index (χ0v) is 16.5. The van der Waals surface area contributed by atoms with Crippen LogP contribution in [-0.4, -0.2) is 19.1 Å². The Morgan fingerprint density at radius 3 is 2.23 bits per heavy atom. The van der Waals surface area contributed by atoms with Crippen molar-refractivity contribution in [1.29, 1.82) is 0 Å². The molecule has 0 aromatic heterocycles. The predicted octanol–water partition coefficient (Wildman–Crippen LogP) is 4.77. The molecule has 4 nitrogen and oxygen atoms in total. The van der Waals surface area contributed by atoms with E-state index in [4.69, 9.17) is 9.47 Å². The first-order valence-corrected chi connectivity index (χ1v) is 9.03. The number of nitrogens with one attached hydrogen (secondary N) is 1. The van der Waals surface area contributed by atoms with Gasteiger partial charge in [-0.15, -0.1) is 0 Å². The van der Waals surface area contributed by atoms with E-state index in [0.717, 1.165) is 28.2 Å². The van der Waals surface area contributed by atoms with Gasteiger partial charge in [-0.1, -0.05) is 38.1 Å². The van der Waals surface area contributed by atoms with Crippen molar-refractivity contribution < 1.29 is 14.3 Å². The lowest BCUT2D eigenvalue weighted by Gasteiger charge is -2.21. The van der Waals surface area contributed by atoms with Gasteiger partial charge in [-0.3, -0.25) is 4.79 Å². The summed E-state index contributed by atoms with van der Waals surface area (Å²) in [5.74, 6) is 1.77. The minimum absolute atomic E-state index is 0.110. The summed E-state index contributed by atoms with van der Waals surface area (Å²) in [5.41, 5.74) is 3.24. The Morgan fingerprint density at radius 1 is 1.00 bits per heavy atom. The molecule has 26 heavy (non-hydrogen) atoms. The number of hydrogen-bond acceptors (Lipinski definition) is 3. The lowest BCUT2D eigenvalue weighted by molar-refractivity contribution is -0.127. The number of aryl methyl sites for hydroxylation is 1. The van der Waals surface area contributed by atoms with Crippen molar-refractivity contribution in [3.63, 3.8) is 0 Å². The van der Waals surface area contributed by atoms with E-state index in [9.17, 15) is 4.79 Å². The lowest BCUT2D eigenvalue weighted by atomic mass is 10.0. The third-order valence-electron chi connectivity index (χ3n) is 4.44. The molecule has 0 aliphatic carbocycles. The second-order valence-electron chi connectivity index (χ2n) is 6.96. The first-order valence-electron chi connectivity index (χ1n) is 9.03. The molecule has 0 bridgehead atoms. The topological polar surface area (TPSA) is 47.6 Å². The van der Waals surface area contributed by atoms with Crippen molar-refractivity contribution in [1.82, 2.24) is 5.32 Å². The van der Waals surface area contributed by atoms with E-state index in [0.29, 0.717) is 5.92 Å². The van der Waals surface area contributed by atoms with Crippen molar-refractivity contribution >= 4 is 5.91 Å². The Hall–Kier alpha value is -2.49. The molecule has 0 unspecified atom stereocenters. The first kappa shape index (κ1) is 19.8. The minimum Gasteiger partial charge on any atom is -0.497 e. The highest BCUT2D eigenvalue weighted by Gasteiger charge is 2.19. The highest BCUT2D eigenvalue weighted by atomic mass is 16.5. The van der Waals surface area contributed by atoms with E-state index < -0.39 is 6.10 Å². The monoisotopic (exact) mass is 355 g/mol. The van der Waals surface area contributed by atoms with Crippen LogP contribution in [0.25, 0.3) is 0 Å². The number of benzene rings is 2. The van der Waals surface area contributed by atoms with Crippen molar-refractivity contribution in [2.75, 3.05) is 7.11 Å². The number of amides is 1. The number of methoxy groups -OCH3 is 1. The van der Waals surface area contributed by atoms with Crippen molar-refractivity contribution in [2.45, 2.75) is 52.7 Å². The van der Waals surface area contributed by atoms with Crippen LogP contribution < -0.4 is 14.8 Å². The molecule has 140 valence electrons. The van der Waals surface area contributed by atoms with Gasteiger partial charge in [0.25, 0.3) is 5.91 Å². The van der Waals surface area contributed by atoms with Crippen LogP contribution in [0.3, 0.4) is 0 Å². The summed E-state index contributed by atoms with van der Waals surface area (Å²) in [6.07, 6.45) is -0.574. The summed E-state index contributed by atoms with van der Waals surface area (Å²) in [5, 5.41) is 3.01. The van der Waals surface area contributed by atoms with Gasteiger partial charge in [-0.25, -0.2) is 0 Å². The van der Waals surface area contributed by atoms with Crippen molar-refractivity contribution in [3.8, 4) is 11.5 Å². The summed E-state index contributed by atoms with van der Waals surface area (Å²) in [4.78, 5) is 12.6. The predicted molar refractivity (Wildman–Crippen MR) is 105 cm³/mol. The Bertz CT molecular complexity index is 738. The molecule has 0 saturated heterocycles. The Morgan fingerprint density at radius 2 is 1.65 bits per heavy atom. The Labute approximate surface area is 156 Å². The number of rotatable bonds is 7. The lowest BCUT2D eigenvalue weighted by Crippen LogP contribution is -2.38. The van der Waals surface area contributed by atoms with E-state index in [1.807, 2.05) is 44.2 Å². The number of carbonyl (C=O) groups is 1. The first-order chi connectivity index (χ1) is 12.3. The zero-order chi connectivity index (χ0) is 19.3. The van der Waals surface area contributed by atoms with E-state index >= 15 is 0 Å². The molecular weight excluding hydrogens is 326 g/mol. The van der Waals surface area contributed by atoms with Crippen LogP contribution in [0.4, 0.5) is 0 Å². The molecule has 2 aromatic rings. The Kier molecular flexibility index (Phi) is 6.67. The number of carbonyl (C=O) groups excluding carboxylic acids is 1. The molecule has 1 N–H and O–H groups in total. The quantitative estimate of drug-likeness (QED) is 0.778. The van der Waals surface area contributed by atoms with Gasteiger partial charge in [0, 0.05) is 0 Å². The maximum Gasteiger partial charge on any atom is 0.261 e. The SMILES string of the molecule is COc1ccc([C@@H](C)NC(=O)[C@H](C)Oc2cc(C)ccc2C(C)C)cc1. The molecule has 0 fully saturated rings. The van der Waals surface area contributed by atoms with Gasteiger partial charge in [0.1, 0.15) is 11.5 Å². The fourth-order valence-corrected chi connectivity index (χ4v) is 2.77. The van der Waals surface area contributed by atoms with Gasteiger partial charge in [0.05, 0.1) is 13.2 Å². The summed E-state index contributed by atoms with van der Waals surface area (Å²) >= 11 is 0. The Balaban J connectivity index is 2.04. The van der Waals surface area contributed by atoms with Crippen LogP contribution in [0.15, 0.2) is 42.5 Å². The van der Waals surface area contributed by atoms with Crippen molar-refractivity contribution in [3.05, 3.63) is 59.2 Å². The zero-order valence-electron chi connectivity index (χ0n) is 16.5. The van der Waals surface area contributed by atoms with Gasteiger partial charge >= 0.3 is 0 Å². The molecule has 0 heterocycles. The summed E-state index contributed by atoms with van der Waals surface area (Å²) in [6.45, 7) is 10.00. The molecule has 4 heteroatoms. The van der Waals surface area contributed by atoms with Gasteiger partial charge in [0.2, 0.25) is 0 Å². The molecule has 0 radical (unpaired) electrons. The molecule has 0 aliphatic heterocycles. The maximum atomic E-state index is 12.6. The number of ether oxygens (including phenoxy) is 2. The van der Waals surface area contributed by atoms with Crippen LogP contribution in [-0.2, 0) is 4.79 Å². The third-order valence-corrected chi connectivity index (χ3v) is 4.44. The minimum atomic E-state index is -0.574. The van der Waals surface area contributed by atoms with Crippen LogP contribution in [0, 0.1) is 6.92 Å². The van der Waals surface area contributed by atoms with Gasteiger partial charge in [0.15, 0.2) is 6.10 Å². The third kappa shape index (κ3) is 5.01. The van der Waals surface area contributed by atoms with Crippen LogP contribution in [0.2, 0.25) is 0 Å². The molecule has 0 spiro atoms. The standard InChI is InChI=1S/C22H29NO3/c1-14(2)20-12-7-15(3)13-21(20)26-17(5)22(24)23-16(4)18-8-10-19(25-6)11-9-18/h7-14,16-17H,1-6H3,(H,23,24)/t16-,17+/m1/s1. The average molecular weight is 355 g/mol. The number of hydrogen-bond donors (Lipinski definition) is 1. The summed E-state index contributed by atoms with van der Waals surface area (Å²) < 4.78 is 11.2. The summed E-state index contributed by atoms with van der Waals surface area (Å²) in [7, 11) is 1.63. The second-order valence-corrected chi connectivity index (χ2v) is 6.96. The molecule has 0 aliphatic rings. The largest absolute Gasteiger partial charge is 0.497 e. The molecule has 1 amide bonds. The van der Waals surface area contributed by atoms with Gasteiger partial charge in [-0.05, 0) is 61.6 Å². The van der Waals surface area contributed by atoms with Crippen LogP contribution in [0.1, 0.15) is 56.3 Å². The van der Waals surface area contributed by atoms with E-state index in [-0.39, 0.29) is 11.9 Å². The summed E-state index contributed by atoms with van der Waals surface area (Å²) in [6, 6.07) is 13.7. The highest BCUT2D eigenvalue weighted by molar-refractivity contribution is 5.81. The van der Waals surface area contributed by atoms with Crippen LogP contribution in [0.5, 0.6) is 11.5 Å². The normalized spacial score (nSPS) is 13.2. The van der Waals surface area contributed by atoms with Crippen LogP contribution >= 0.6 is 0 Å². The average Bonchev–Trinajstić information content (AvgIpc) is 2.61. The molecule has 2 atom stereocenters. The fraction of sp³-hybridized carbons (Fsp3) is 0.409. The maximum absolute atomic E-state index is 12.6. The smallest absolute Gasteiger partial charge is 0.261 e. The van der Waals surface area contributed by atoms with E-state index in [1.54, 1.807) is 14.0 Å². The van der Waals surface area contributed by atoms with Gasteiger partial charge in [-0.2, -0.15) is 0 Å². The van der Waals surface area contributed by atoms with E-state index in [2.05, 4.69) is 31.3 Å². The highest BCUT2D eigenvalue weighted by Crippen LogP contribution is 2.28. The molecule has 2 aromatic carbocycles. The molecule has 0 saturated carbocycles.